The van der Waals surface area contributed by atoms with Gasteiger partial charge in [-0.15, -0.1) is 11.8 Å². The Morgan fingerprint density at radius 3 is 2.25 bits per heavy atom. The Labute approximate surface area is 173 Å². The number of carbonyl (C=O) groups excluding carboxylic acids is 1. The van der Waals surface area contributed by atoms with Gasteiger partial charge in [-0.1, -0.05) is 54.2 Å². The third-order valence-electron chi connectivity index (χ3n) is 3.75. The third kappa shape index (κ3) is 5.81. The van der Waals surface area contributed by atoms with Crippen LogP contribution in [-0.4, -0.2) is 18.2 Å². The molecule has 3 aromatic carbocycles. The predicted molar refractivity (Wildman–Crippen MR) is 117 cm³/mol. The molecule has 4 nitrogen and oxygen atoms in total. The second-order valence-corrected chi connectivity index (χ2v) is 7.89. The van der Waals surface area contributed by atoms with Gasteiger partial charge in [0.25, 0.3) is 0 Å². The van der Waals surface area contributed by atoms with E-state index in [-0.39, 0.29) is 12.5 Å². The molecular formula is C22H19N3OS2. The zero-order valence-electron chi connectivity index (χ0n) is 15.1. The van der Waals surface area contributed by atoms with E-state index in [2.05, 4.69) is 28.8 Å². The van der Waals surface area contributed by atoms with Crippen molar-refractivity contribution in [1.29, 1.82) is 5.26 Å². The Hall–Kier alpha value is -2.88. The highest BCUT2D eigenvalue weighted by Crippen LogP contribution is 2.33. The number of anilines is 2. The minimum Gasteiger partial charge on any atom is -0.375 e. The summed E-state index contributed by atoms with van der Waals surface area (Å²) in [5.74, 6) is 0.208. The van der Waals surface area contributed by atoms with Gasteiger partial charge in [-0.05, 0) is 36.4 Å². The number of benzene rings is 3. The molecule has 0 aromatic heterocycles. The summed E-state index contributed by atoms with van der Waals surface area (Å²) in [5.41, 5.74) is 1.64. The summed E-state index contributed by atoms with van der Waals surface area (Å²) in [7, 11) is 0. The summed E-state index contributed by atoms with van der Waals surface area (Å²) in [6.45, 7) is 0.156. The first-order valence-corrected chi connectivity index (χ1v) is 10.5. The molecule has 140 valence electrons. The van der Waals surface area contributed by atoms with E-state index >= 15 is 0 Å². The minimum atomic E-state index is -0.135. The lowest BCUT2D eigenvalue weighted by molar-refractivity contribution is -0.114. The Morgan fingerprint density at radius 1 is 0.857 bits per heavy atom. The molecule has 0 bridgehead atoms. The van der Waals surface area contributed by atoms with E-state index in [1.165, 1.54) is 11.8 Å². The lowest BCUT2D eigenvalue weighted by Crippen LogP contribution is -2.22. The summed E-state index contributed by atoms with van der Waals surface area (Å²) in [6, 6.07) is 27.7. The summed E-state index contributed by atoms with van der Waals surface area (Å²) in [6.07, 6.45) is 0. The van der Waals surface area contributed by atoms with E-state index < -0.39 is 0 Å². The fourth-order valence-electron chi connectivity index (χ4n) is 2.49. The van der Waals surface area contributed by atoms with Crippen molar-refractivity contribution in [2.24, 2.45) is 0 Å². The van der Waals surface area contributed by atoms with Crippen LogP contribution in [0.4, 0.5) is 11.4 Å². The van der Waals surface area contributed by atoms with Gasteiger partial charge in [0, 0.05) is 20.4 Å². The number of hydrogen-bond donors (Lipinski definition) is 2. The highest BCUT2D eigenvalue weighted by Gasteiger charge is 2.09. The van der Waals surface area contributed by atoms with Crippen LogP contribution in [0, 0.1) is 11.3 Å². The van der Waals surface area contributed by atoms with Crippen molar-refractivity contribution >= 4 is 40.8 Å². The Morgan fingerprint density at radius 2 is 1.50 bits per heavy atom. The fourth-order valence-corrected chi connectivity index (χ4v) is 4.11. The SMILES string of the molecule is N#CCSc1ccccc1NC(=O)CNc1ccccc1Sc1ccccc1. The van der Waals surface area contributed by atoms with Gasteiger partial charge in [0.1, 0.15) is 0 Å². The average molecular weight is 406 g/mol. The molecule has 0 atom stereocenters. The second-order valence-electron chi connectivity index (χ2n) is 5.76. The van der Waals surface area contributed by atoms with Gasteiger partial charge in [0.2, 0.25) is 5.91 Å². The van der Waals surface area contributed by atoms with Crippen molar-refractivity contribution in [3.05, 3.63) is 78.9 Å². The number of para-hydroxylation sites is 2. The third-order valence-corrected chi connectivity index (χ3v) is 5.78. The first-order chi connectivity index (χ1) is 13.8. The summed E-state index contributed by atoms with van der Waals surface area (Å²) < 4.78 is 0. The zero-order valence-corrected chi connectivity index (χ0v) is 16.7. The van der Waals surface area contributed by atoms with Crippen LogP contribution in [-0.2, 0) is 4.79 Å². The Bertz CT molecular complexity index is 971. The van der Waals surface area contributed by atoms with Gasteiger partial charge in [0.15, 0.2) is 0 Å². The van der Waals surface area contributed by atoms with E-state index in [1.807, 2.05) is 66.7 Å². The van der Waals surface area contributed by atoms with Crippen molar-refractivity contribution < 1.29 is 4.79 Å². The van der Waals surface area contributed by atoms with E-state index in [4.69, 9.17) is 5.26 Å². The number of nitriles is 1. The van der Waals surface area contributed by atoms with Crippen molar-refractivity contribution in [3.63, 3.8) is 0 Å². The number of carbonyl (C=O) groups is 1. The molecule has 3 aromatic rings. The second kappa shape index (κ2) is 10.5. The maximum Gasteiger partial charge on any atom is 0.243 e. The topological polar surface area (TPSA) is 64.9 Å². The highest BCUT2D eigenvalue weighted by atomic mass is 32.2. The molecule has 0 heterocycles. The Balaban J connectivity index is 1.62. The monoisotopic (exact) mass is 405 g/mol. The molecule has 0 spiro atoms. The maximum atomic E-state index is 12.4. The molecule has 0 radical (unpaired) electrons. The predicted octanol–water partition coefficient (Wildman–Crippen LogP) is 5.50. The van der Waals surface area contributed by atoms with Gasteiger partial charge in [-0.2, -0.15) is 5.26 Å². The highest BCUT2D eigenvalue weighted by molar-refractivity contribution is 7.99. The van der Waals surface area contributed by atoms with Gasteiger partial charge < -0.3 is 10.6 Å². The molecule has 6 heteroatoms. The van der Waals surface area contributed by atoms with E-state index in [0.29, 0.717) is 5.75 Å². The van der Waals surface area contributed by atoms with Crippen molar-refractivity contribution in [2.45, 2.75) is 14.7 Å². The first-order valence-electron chi connectivity index (χ1n) is 8.70. The van der Waals surface area contributed by atoms with Crippen LogP contribution >= 0.6 is 23.5 Å². The van der Waals surface area contributed by atoms with Gasteiger partial charge in [0.05, 0.1) is 24.1 Å². The van der Waals surface area contributed by atoms with Crippen molar-refractivity contribution in [3.8, 4) is 6.07 Å². The standard InChI is InChI=1S/C22H19N3OS2/c23-14-15-27-20-12-6-5-11-19(20)25-22(26)16-24-18-10-4-7-13-21(18)28-17-8-2-1-3-9-17/h1-13,24H,15-16H2,(H,25,26). The molecule has 0 aliphatic heterocycles. The number of nitrogens with one attached hydrogen (secondary N) is 2. The fraction of sp³-hybridized carbons (Fsp3) is 0.0909. The van der Waals surface area contributed by atoms with Gasteiger partial charge in [-0.25, -0.2) is 0 Å². The maximum absolute atomic E-state index is 12.4. The number of rotatable bonds is 8. The molecule has 0 aliphatic rings. The number of nitrogens with zero attached hydrogens (tertiary/aromatic N) is 1. The van der Waals surface area contributed by atoms with Gasteiger partial charge in [-0.3, -0.25) is 4.79 Å². The van der Waals surface area contributed by atoms with E-state index in [1.54, 1.807) is 11.8 Å². The molecule has 0 saturated heterocycles. The smallest absolute Gasteiger partial charge is 0.243 e. The average Bonchev–Trinajstić information content (AvgIpc) is 2.73. The summed E-state index contributed by atoms with van der Waals surface area (Å²) in [4.78, 5) is 15.5. The summed E-state index contributed by atoms with van der Waals surface area (Å²) >= 11 is 3.06. The first kappa shape index (κ1) is 19.9. The van der Waals surface area contributed by atoms with Crippen LogP contribution in [0.5, 0.6) is 0 Å². The quantitative estimate of drug-likeness (QED) is 0.484. The molecule has 0 unspecified atom stereocenters. The van der Waals surface area contributed by atoms with Crippen LogP contribution in [0.1, 0.15) is 0 Å². The van der Waals surface area contributed by atoms with Crippen LogP contribution in [0.2, 0.25) is 0 Å². The Kier molecular flexibility index (Phi) is 7.42. The van der Waals surface area contributed by atoms with Crippen LogP contribution in [0.3, 0.4) is 0 Å². The number of amides is 1. The zero-order chi connectivity index (χ0) is 19.6. The molecule has 0 fully saturated rings. The molecule has 0 saturated carbocycles. The van der Waals surface area contributed by atoms with E-state index in [0.717, 1.165) is 26.1 Å². The van der Waals surface area contributed by atoms with Crippen molar-refractivity contribution in [2.75, 3.05) is 22.9 Å². The van der Waals surface area contributed by atoms with Crippen LogP contribution < -0.4 is 10.6 Å². The molecule has 3 rings (SSSR count). The van der Waals surface area contributed by atoms with Crippen molar-refractivity contribution in [1.82, 2.24) is 0 Å². The minimum absolute atomic E-state index is 0.135. The molecule has 2 N–H and O–H groups in total. The largest absolute Gasteiger partial charge is 0.375 e. The number of thioether (sulfide) groups is 1. The molecule has 28 heavy (non-hydrogen) atoms. The molecule has 1 amide bonds. The molecular weight excluding hydrogens is 386 g/mol. The lowest BCUT2D eigenvalue weighted by Gasteiger charge is -2.13. The van der Waals surface area contributed by atoms with Crippen LogP contribution in [0.25, 0.3) is 0 Å². The summed E-state index contributed by atoms with van der Waals surface area (Å²) in [5, 5.41) is 14.9. The molecule has 0 aliphatic carbocycles. The lowest BCUT2D eigenvalue weighted by atomic mass is 10.3. The number of hydrogen-bond acceptors (Lipinski definition) is 5. The normalized spacial score (nSPS) is 10.1. The van der Waals surface area contributed by atoms with Crippen LogP contribution in [0.15, 0.2) is 93.5 Å². The van der Waals surface area contributed by atoms with Gasteiger partial charge >= 0.3 is 0 Å². The van der Waals surface area contributed by atoms with E-state index in [9.17, 15) is 4.79 Å².